The third-order valence-electron chi connectivity index (χ3n) is 2.03. The van der Waals surface area contributed by atoms with Gasteiger partial charge < -0.3 is 14.8 Å². The van der Waals surface area contributed by atoms with E-state index in [1.165, 1.54) is 14.2 Å². The molecule has 0 saturated carbocycles. The van der Waals surface area contributed by atoms with E-state index in [-0.39, 0.29) is 19.3 Å². The molecule has 0 heterocycles. The smallest absolute Gasteiger partial charge is 0.328 e. The molecule has 0 fully saturated rings. The van der Waals surface area contributed by atoms with Crippen molar-refractivity contribution in [3.63, 3.8) is 0 Å². The van der Waals surface area contributed by atoms with E-state index < -0.39 is 23.9 Å². The van der Waals surface area contributed by atoms with Crippen molar-refractivity contribution in [2.45, 2.75) is 25.3 Å². The average molecular weight is 322 g/mol. The number of rotatable bonds is 7. The van der Waals surface area contributed by atoms with Gasteiger partial charge in [0.2, 0.25) is 5.91 Å². The summed E-state index contributed by atoms with van der Waals surface area (Å²) in [5.41, 5.74) is 0. The van der Waals surface area contributed by atoms with E-state index >= 15 is 0 Å². The predicted octanol–water partition coefficient (Wildman–Crippen LogP) is 0.896. The van der Waals surface area contributed by atoms with Crippen molar-refractivity contribution in [2.75, 3.05) is 14.2 Å². The molecule has 0 aromatic carbocycles. The second kappa shape index (κ2) is 8.68. The quantitative estimate of drug-likeness (QED) is 0.704. The monoisotopic (exact) mass is 321 g/mol. The molecule has 6 nitrogen and oxygen atoms in total. The first kappa shape index (κ1) is 16.6. The molecular weight excluding hydrogens is 306 g/mol. The summed E-state index contributed by atoms with van der Waals surface area (Å²) < 4.78 is 9.52. The average Bonchev–Trinajstić information content (AvgIpc) is 2.33. The van der Waals surface area contributed by atoms with Gasteiger partial charge in [-0.25, -0.2) is 4.79 Å². The van der Waals surface area contributed by atoms with Gasteiger partial charge in [0.25, 0.3) is 0 Å². The van der Waals surface area contributed by atoms with Gasteiger partial charge in [-0.05, 0) is 4.48 Å². The zero-order chi connectivity index (χ0) is 14.1. The Hall–Kier alpha value is -1.37. The van der Waals surface area contributed by atoms with Crippen LogP contribution in [0.3, 0.4) is 0 Å². The largest absolute Gasteiger partial charge is 0.469 e. The Bertz CT molecular complexity index is 342. The Labute approximate surface area is 114 Å². The standard InChI is InChI=1S/C11H16BrNO5/c1-7(12)6-8(11(16)18-3)13-9(14)4-5-10(15)17-2/h8H,1,4-6H2,2-3H3,(H,13,14)/t8-/m0/s1. The van der Waals surface area contributed by atoms with Gasteiger partial charge in [0.05, 0.1) is 20.6 Å². The molecule has 102 valence electrons. The molecule has 0 unspecified atom stereocenters. The van der Waals surface area contributed by atoms with Gasteiger partial charge in [-0.2, -0.15) is 0 Å². The van der Waals surface area contributed by atoms with Gasteiger partial charge in [0, 0.05) is 12.8 Å². The summed E-state index contributed by atoms with van der Waals surface area (Å²) in [6.07, 6.45) is 0.136. The molecule has 1 amide bonds. The van der Waals surface area contributed by atoms with Crippen LogP contribution in [-0.4, -0.2) is 38.1 Å². The second-order valence-electron chi connectivity index (χ2n) is 3.44. The van der Waals surface area contributed by atoms with Crippen molar-refractivity contribution in [3.8, 4) is 0 Å². The highest BCUT2D eigenvalue weighted by atomic mass is 79.9. The lowest BCUT2D eigenvalue weighted by atomic mass is 10.2. The first-order chi connectivity index (χ1) is 8.40. The molecule has 0 aliphatic rings. The van der Waals surface area contributed by atoms with Crippen LogP contribution in [0.25, 0.3) is 0 Å². The van der Waals surface area contributed by atoms with Gasteiger partial charge in [0.1, 0.15) is 6.04 Å². The number of carbonyl (C=O) groups excluding carboxylic acids is 3. The van der Waals surface area contributed by atoms with Gasteiger partial charge in [-0.1, -0.05) is 22.5 Å². The van der Waals surface area contributed by atoms with E-state index in [1.54, 1.807) is 0 Å². The summed E-state index contributed by atoms with van der Waals surface area (Å²) in [6, 6.07) is -0.813. The predicted molar refractivity (Wildman–Crippen MR) is 67.9 cm³/mol. The lowest BCUT2D eigenvalue weighted by Crippen LogP contribution is -2.41. The minimum absolute atomic E-state index is 0.0362. The molecule has 1 atom stereocenters. The van der Waals surface area contributed by atoms with Gasteiger partial charge in [0.15, 0.2) is 0 Å². The molecule has 0 aromatic rings. The molecule has 1 N–H and O–H groups in total. The van der Waals surface area contributed by atoms with Crippen LogP contribution in [0.15, 0.2) is 11.1 Å². The van der Waals surface area contributed by atoms with Gasteiger partial charge >= 0.3 is 11.9 Å². The van der Waals surface area contributed by atoms with Crippen molar-refractivity contribution >= 4 is 33.8 Å². The minimum atomic E-state index is -0.813. The van der Waals surface area contributed by atoms with Crippen LogP contribution >= 0.6 is 15.9 Å². The van der Waals surface area contributed by atoms with Crippen LogP contribution < -0.4 is 5.32 Å². The van der Waals surface area contributed by atoms with Crippen LogP contribution in [0.1, 0.15) is 19.3 Å². The SMILES string of the molecule is C=C(Br)C[C@H](NC(=O)CCC(=O)OC)C(=O)OC. The van der Waals surface area contributed by atoms with E-state index in [4.69, 9.17) is 0 Å². The summed E-state index contributed by atoms with van der Waals surface area (Å²) in [5.74, 6) is -1.48. The maximum absolute atomic E-state index is 11.5. The van der Waals surface area contributed by atoms with E-state index in [0.29, 0.717) is 4.48 Å². The highest BCUT2D eigenvalue weighted by molar-refractivity contribution is 9.11. The maximum Gasteiger partial charge on any atom is 0.328 e. The van der Waals surface area contributed by atoms with Crippen molar-refractivity contribution in [2.24, 2.45) is 0 Å². The fraction of sp³-hybridized carbons (Fsp3) is 0.545. The number of methoxy groups -OCH3 is 2. The van der Waals surface area contributed by atoms with E-state index in [9.17, 15) is 14.4 Å². The number of amides is 1. The summed E-state index contributed by atoms with van der Waals surface area (Å²) in [4.78, 5) is 33.7. The number of hydrogen-bond donors (Lipinski definition) is 1. The van der Waals surface area contributed by atoms with Crippen LogP contribution in [-0.2, 0) is 23.9 Å². The molecule has 0 rings (SSSR count). The third kappa shape index (κ3) is 7.05. The number of halogens is 1. The van der Waals surface area contributed by atoms with Crippen molar-refractivity contribution < 1.29 is 23.9 Å². The van der Waals surface area contributed by atoms with Crippen LogP contribution in [0.5, 0.6) is 0 Å². The summed E-state index contributed by atoms with van der Waals surface area (Å²) in [6.45, 7) is 3.59. The molecule has 0 aromatic heterocycles. The molecule has 18 heavy (non-hydrogen) atoms. The zero-order valence-corrected chi connectivity index (χ0v) is 11.9. The van der Waals surface area contributed by atoms with Crippen molar-refractivity contribution in [1.29, 1.82) is 0 Å². The molecule has 0 aliphatic carbocycles. The molecule has 0 spiro atoms. The van der Waals surface area contributed by atoms with E-state index in [1.807, 2.05) is 0 Å². The summed E-state index contributed by atoms with van der Waals surface area (Å²) >= 11 is 3.11. The van der Waals surface area contributed by atoms with Crippen molar-refractivity contribution in [3.05, 3.63) is 11.1 Å². The Morgan fingerprint density at radius 3 is 2.28 bits per heavy atom. The van der Waals surface area contributed by atoms with Crippen LogP contribution in [0.2, 0.25) is 0 Å². The van der Waals surface area contributed by atoms with Gasteiger partial charge in [-0.15, -0.1) is 0 Å². The number of carbonyl (C=O) groups is 3. The first-order valence-corrected chi connectivity index (χ1v) is 5.97. The van der Waals surface area contributed by atoms with Crippen LogP contribution in [0.4, 0.5) is 0 Å². The maximum atomic E-state index is 11.5. The van der Waals surface area contributed by atoms with Crippen LogP contribution in [0, 0.1) is 0 Å². The van der Waals surface area contributed by atoms with E-state index in [0.717, 1.165) is 0 Å². The zero-order valence-electron chi connectivity index (χ0n) is 10.3. The van der Waals surface area contributed by atoms with E-state index in [2.05, 4.69) is 37.3 Å². The second-order valence-corrected chi connectivity index (χ2v) is 4.56. The molecule has 7 heteroatoms. The fourth-order valence-electron chi connectivity index (χ4n) is 1.14. The molecule has 0 radical (unpaired) electrons. The lowest BCUT2D eigenvalue weighted by Gasteiger charge is -2.15. The van der Waals surface area contributed by atoms with Crippen molar-refractivity contribution in [1.82, 2.24) is 5.32 Å². The normalized spacial score (nSPS) is 11.3. The molecule has 0 aliphatic heterocycles. The Morgan fingerprint density at radius 1 is 1.22 bits per heavy atom. The first-order valence-electron chi connectivity index (χ1n) is 5.18. The molecule has 0 bridgehead atoms. The Balaban J connectivity index is 4.30. The highest BCUT2D eigenvalue weighted by Gasteiger charge is 2.22. The molecule has 0 saturated heterocycles. The number of ether oxygens (including phenoxy) is 2. The summed E-state index contributed by atoms with van der Waals surface area (Å²) in [5, 5.41) is 2.47. The Kier molecular flexibility index (Phi) is 8.02. The molecular formula is C11H16BrNO5. The summed E-state index contributed by atoms with van der Waals surface area (Å²) in [7, 11) is 2.47. The Morgan fingerprint density at radius 2 is 1.83 bits per heavy atom. The fourth-order valence-corrected chi connectivity index (χ4v) is 1.46. The minimum Gasteiger partial charge on any atom is -0.469 e. The van der Waals surface area contributed by atoms with Gasteiger partial charge in [-0.3, -0.25) is 9.59 Å². The lowest BCUT2D eigenvalue weighted by molar-refractivity contribution is -0.145. The topological polar surface area (TPSA) is 81.7 Å². The number of esters is 2. The third-order valence-corrected chi connectivity index (χ3v) is 2.35. The number of nitrogens with one attached hydrogen (secondary N) is 1. The number of hydrogen-bond acceptors (Lipinski definition) is 5. The highest BCUT2D eigenvalue weighted by Crippen LogP contribution is 2.11.